The van der Waals surface area contributed by atoms with Crippen LogP contribution in [0.15, 0.2) is 6.33 Å². The first-order valence-electron chi connectivity index (χ1n) is 5.64. The lowest BCUT2D eigenvalue weighted by Gasteiger charge is -2.07. The highest BCUT2D eigenvalue weighted by Crippen LogP contribution is 2.10. The van der Waals surface area contributed by atoms with Crippen molar-refractivity contribution in [2.75, 3.05) is 17.9 Å². The minimum absolute atomic E-state index is 0.169. The fraction of sp³-hybridized carbons (Fsp3) is 0.444. The van der Waals surface area contributed by atoms with E-state index in [0.29, 0.717) is 12.5 Å². The molecule has 2 aromatic heterocycles. The topological polar surface area (TPSA) is 129 Å². The second-order valence-corrected chi connectivity index (χ2v) is 3.50. The number of methoxy groups -OCH3 is 1. The van der Waals surface area contributed by atoms with Crippen LogP contribution in [-0.2, 0) is 13.1 Å². The molecule has 2 aromatic rings. The van der Waals surface area contributed by atoms with E-state index in [2.05, 4.69) is 35.9 Å². The van der Waals surface area contributed by atoms with Crippen LogP contribution in [0.3, 0.4) is 0 Å². The molecule has 0 aliphatic rings. The Bertz CT molecular complexity index is 518. The van der Waals surface area contributed by atoms with Crippen LogP contribution in [0.2, 0.25) is 0 Å². The summed E-state index contributed by atoms with van der Waals surface area (Å²) in [7, 11) is 1.47. The van der Waals surface area contributed by atoms with E-state index in [-0.39, 0.29) is 12.0 Å². The lowest BCUT2D eigenvalue weighted by molar-refractivity contribution is 0.379. The number of nitrogens with zero attached hydrogens (tertiary/aromatic N) is 6. The molecule has 0 unspecified atom stereocenters. The maximum atomic E-state index is 5.27. The van der Waals surface area contributed by atoms with Crippen molar-refractivity contribution in [3.05, 3.63) is 12.2 Å². The van der Waals surface area contributed by atoms with Crippen LogP contribution < -0.4 is 21.3 Å². The quantitative estimate of drug-likeness (QED) is 0.462. The number of ether oxygens (including phenoxy) is 1. The Hall–Kier alpha value is -2.49. The zero-order chi connectivity index (χ0) is 13.7. The maximum Gasteiger partial charge on any atom is 0.322 e. The summed E-state index contributed by atoms with van der Waals surface area (Å²) in [6.45, 7) is 3.24. The molecular weight excluding hydrogens is 250 g/mol. The summed E-state index contributed by atoms with van der Waals surface area (Å²) in [6.07, 6.45) is 1.66. The number of anilines is 2. The van der Waals surface area contributed by atoms with Gasteiger partial charge in [-0.25, -0.2) is 5.84 Å². The normalized spacial score (nSPS) is 10.3. The summed E-state index contributed by atoms with van der Waals surface area (Å²) < 4.78 is 6.86. The number of aromatic nitrogens is 6. The average molecular weight is 265 g/mol. The van der Waals surface area contributed by atoms with E-state index in [0.717, 1.165) is 12.4 Å². The van der Waals surface area contributed by atoms with Gasteiger partial charge < -0.3 is 14.6 Å². The van der Waals surface area contributed by atoms with Gasteiger partial charge in [-0.1, -0.05) is 0 Å². The molecule has 0 atom stereocenters. The van der Waals surface area contributed by atoms with Crippen molar-refractivity contribution in [2.45, 2.75) is 20.0 Å². The Morgan fingerprint density at radius 1 is 1.32 bits per heavy atom. The lowest BCUT2D eigenvalue weighted by Crippen LogP contribution is -2.15. The van der Waals surface area contributed by atoms with Gasteiger partial charge in [0.05, 0.1) is 13.7 Å². The van der Waals surface area contributed by atoms with Gasteiger partial charge in [0.2, 0.25) is 11.9 Å². The predicted molar refractivity (Wildman–Crippen MR) is 67.2 cm³/mol. The second-order valence-electron chi connectivity index (χ2n) is 3.50. The molecule has 19 heavy (non-hydrogen) atoms. The Kier molecular flexibility index (Phi) is 4.03. The zero-order valence-electron chi connectivity index (χ0n) is 10.7. The van der Waals surface area contributed by atoms with Crippen molar-refractivity contribution in [3.63, 3.8) is 0 Å². The number of nitrogen functional groups attached to an aromatic ring is 1. The van der Waals surface area contributed by atoms with Gasteiger partial charge in [0, 0.05) is 6.54 Å². The van der Waals surface area contributed by atoms with E-state index < -0.39 is 0 Å². The first kappa shape index (κ1) is 13.0. The Labute approximate surface area is 109 Å². The summed E-state index contributed by atoms with van der Waals surface area (Å²) >= 11 is 0. The third-order valence-electron chi connectivity index (χ3n) is 2.37. The Morgan fingerprint density at radius 3 is 2.79 bits per heavy atom. The van der Waals surface area contributed by atoms with E-state index in [1.807, 2.05) is 11.5 Å². The van der Waals surface area contributed by atoms with Gasteiger partial charge in [-0.15, -0.1) is 10.2 Å². The summed E-state index contributed by atoms with van der Waals surface area (Å²) in [6, 6.07) is 0.169. The third kappa shape index (κ3) is 3.04. The molecule has 0 fully saturated rings. The van der Waals surface area contributed by atoms with E-state index in [1.54, 1.807) is 6.33 Å². The van der Waals surface area contributed by atoms with Crippen molar-refractivity contribution in [2.24, 2.45) is 5.84 Å². The molecule has 10 nitrogen and oxygen atoms in total. The molecule has 0 bridgehead atoms. The lowest BCUT2D eigenvalue weighted by atomic mass is 10.5. The number of hydrogen-bond acceptors (Lipinski definition) is 9. The molecule has 102 valence electrons. The SMILES string of the molecule is CCn1cnnc1CNc1nc(NN)nc(OC)n1. The number of hydrogen-bond donors (Lipinski definition) is 3. The van der Waals surface area contributed by atoms with E-state index >= 15 is 0 Å². The minimum atomic E-state index is 0.169. The predicted octanol–water partition coefficient (Wildman–Crippen LogP) is -0.611. The molecule has 0 aliphatic heterocycles. The molecular formula is C9H15N9O. The number of rotatable bonds is 6. The molecule has 4 N–H and O–H groups in total. The van der Waals surface area contributed by atoms with Crippen molar-refractivity contribution >= 4 is 11.9 Å². The smallest absolute Gasteiger partial charge is 0.322 e. The fourth-order valence-corrected chi connectivity index (χ4v) is 1.43. The fourth-order valence-electron chi connectivity index (χ4n) is 1.43. The molecule has 0 saturated carbocycles. The Morgan fingerprint density at radius 2 is 2.11 bits per heavy atom. The van der Waals surface area contributed by atoms with Crippen molar-refractivity contribution in [1.29, 1.82) is 0 Å². The molecule has 0 aliphatic carbocycles. The van der Waals surface area contributed by atoms with Crippen molar-refractivity contribution < 1.29 is 4.74 Å². The van der Waals surface area contributed by atoms with Crippen molar-refractivity contribution in [1.82, 2.24) is 29.7 Å². The molecule has 0 aromatic carbocycles. The Balaban J connectivity index is 2.10. The molecule has 2 rings (SSSR count). The van der Waals surface area contributed by atoms with Crippen LogP contribution in [0, 0.1) is 0 Å². The average Bonchev–Trinajstić information content (AvgIpc) is 2.92. The van der Waals surface area contributed by atoms with Gasteiger partial charge in [0.25, 0.3) is 0 Å². The third-order valence-corrected chi connectivity index (χ3v) is 2.37. The van der Waals surface area contributed by atoms with E-state index in [9.17, 15) is 0 Å². The highest BCUT2D eigenvalue weighted by atomic mass is 16.5. The zero-order valence-corrected chi connectivity index (χ0v) is 10.7. The summed E-state index contributed by atoms with van der Waals surface area (Å²) in [5, 5.41) is 10.8. The van der Waals surface area contributed by atoms with Crippen molar-refractivity contribution in [3.8, 4) is 6.01 Å². The standard InChI is InChI=1S/C9H15N9O/c1-3-18-5-12-17-6(18)4-11-7-13-8(16-10)15-9(14-7)19-2/h5H,3-4,10H2,1-2H3,(H2,11,13,14,15,16). The number of aryl methyl sites for hydroxylation is 1. The number of nitrogens with one attached hydrogen (secondary N) is 2. The molecule has 0 spiro atoms. The van der Waals surface area contributed by atoms with Gasteiger partial charge in [-0.3, -0.25) is 5.43 Å². The molecule has 0 amide bonds. The summed E-state index contributed by atoms with van der Waals surface area (Å²) in [4.78, 5) is 12.0. The van der Waals surface area contributed by atoms with Gasteiger partial charge >= 0.3 is 6.01 Å². The van der Waals surface area contributed by atoms with E-state index in [1.165, 1.54) is 7.11 Å². The van der Waals surface area contributed by atoms with Crippen LogP contribution >= 0.6 is 0 Å². The second kappa shape index (κ2) is 5.91. The van der Waals surface area contributed by atoms with Gasteiger partial charge in [0.1, 0.15) is 6.33 Å². The summed E-state index contributed by atoms with van der Waals surface area (Å²) in [5.41, 5.74) is 2.34. The highest BCUT2D eigenvalue weighted by Gasteiger charge is 2.07. The minimum Gasteiger partial charge on any atom is -0.467 e. The number of hydrazine groups is 1. The maximum absolute atomic E-state index is 5.27. The molecule has 10 heteroatoms. The first-order valence-corrected chi connectivity index (χ1v) is 5.64. The van der Waals surface area contributed by atoms with Crippen LogP contribution in [0.5, 0.6) is 6.01 Å². The summed E-state index contributed by atoms with van der Waals surface area (Å²) in [5.74, 6) is 6.60. The molecule has 0 radical (unpaired) electrons. The first-order chi connectivity index (χ1) is 9.26. The largest absolute Gasteiger partial charge is 0.467 e. The van der Waals surface area contributed by atoms with Crippen LogP contribution in [0.25, 0.3) is 0 Å². The van der Waals surface area contributed by atoms with Gasteiger partial charge in [0.15, 0.2) is 5.82 Å². The highest BCUT2D eigenvalue weighted by molar-refractivity contribution is 5.34. The van der Waals surface area contributed by atoms with E-state index in [4.69, 9.17) is 10.6 Å². The van der Waals surface area contributed by atoms with Crippen LogP contribution in [-0.4, -0.2) is 36.8 Å². The van der Waals surface area contributed by atoms with Gasteiger partial charge in [-0.2, -0.15) is 15.0 Å². The monoisotopic (exact) mass is 265 g/mol. The van der Waals surface area contributed by atoms with Crippen LogP contribution in [0.4, 0.5) is 11.9 Å². The van der Waals surface area contributed by atoms with Crippen LogP contribution in [0.1, 0.15) is 12.7 Å². The van der Waals surface area contributed by atoms with Gasteiger partial charge in [-0.05, 0) is 6.92 Å². The number of nitrogens with two attached hydrogens (primary N) is 1. The molecule has 2 heterocycles. The molecule has 0 saturated heterocycles.